The highest BCUT2D eigenvalue weighted by Crippen LogP contribution is 2.07. The highest BCUT2D eigenvalue weighted by atomic mass is 32.1. The lowest BCUT2D eigenvalue weighted by Gasteiger charge is -2.11. The largest absolute Gasteiger partial charge is 0.361 e. The van der Waals surface area contributed by atoms with Crippen LogP contribution in [0.25, 0.3) is 0 Å². The summed E-state index contributed by atoms with van der Waals surface area (Å²) in [5.74, 6) is 0.384. The second-order valence-electron chi connectivity index (χ2n) is 3.90. The quantitative estimate of drug-likeness (QED) is 0.900. The average Bonchev–Trinajstić information content (AvgIpc) is 2.80. The highest BCUT2D eigenvalue weighted by molar-refractivity contribution is 7.09. The van der Waals surface area contributed by atoms with Crippen molar-refractivity contribution in [3.8, 4) is 0 Å². The molecule has 0 unspecified atom stereocenters. The summed E-state index contributed by atoms with van der Waals surface area (Å²) in [5.41, 5.74) is 1.67. The van der Waals surface area contributed by atoms with E-state index in [-0.39, 0.29) is 11.6 Å². The summed E-state index contributed by atoms with van der Waals surface area (Å²) in [4.78, 5) is 21.1. The van der Waals surface area contributed by atoms with Gasteiger partial charge in [-0.2, -0.15) is 0 Å². The zero-order valence-corrected chi connectivity index (χ0v) is 10.6. The van der Waals surface area contributed by atoms with E-state index in [1.807, 2.05) is 13.8 Å². The first-order valence-corrected chi connectivity index (χ1v) is 6.25. The maximum absolute atomic E-state index is 12.0. The smallest absolute Gasteiger partial charge is 0.293 e. The van der Waals surface area contributed by atoms with Crippen LogP contribution >= 0.6 is 11.3 Å². The molecule has 0 radical (unpaired) electrons. The van der Waals surface area contributed by atoms with Crippen LogP contribution < -0.4 is 10.9 Å². The molecule has 0 atom stereocenters. The molecule has 1 N–H and O–H groups in total. The van der Waals surface area contributed by atoms with Gasteiger partial charge in [0.25, 0.3) is 5.56 Å². The Morgan fingerprint density at radius 3 is 3.00 bits per heavy atom. The Hall–Kier alpha value is -1.69. The molecule has 0 saturated carbocycles. The molecule has 0 aliphatic heterocycles. The minimum absolute atomic E-state index is 0.0907. The van der Waals surface area contributed by atoms with Crippen molar-refractivity contribution in [1.82, 2.24) is 14.5 Å². The maximum atomic E-state index is 12.0. The summed E-state index contributed by atoms with van der Waals surface area (Å²) < 4.78 is 1.65. The first kappa shape index (κ1) is 11.8. The molecule has 2 aromatic rings. The van der Waals surface area contributed by atoms with Gasteiger partial charge in [0, 0.05) is 29.5 Å². The molecular formula is C11H14N4OS. The first-order chi connectivity index (χ1) is 8.18. The van der Waals surface area contributed by atoms with Crippen molar-refractivity contribution < 1.29 is 0 Å². The molecule has 0 aliphatic rings. The number of hydrogen-bond acceptors (Lipinski definition) is 5. The summed E-state index contributed by atoms with van der Waals surface area (Å²) in [6, 6.07) is 0.134. The fraction of sp³-hybridized carbons (Fsp3) is 0.364. The third-order valence-corrected chi connectivity index (χ3v) is 3.12. The number of anilines is 1. The van der Waals surface area contributed by atoms with Crippen LogP contribution in [0.3, 0.4) is 0 Å². The van der Waals surface area contributed by atoms with Crippen molar-refractivity contribution in [1.29, 1.82) is 0 Å². The number of hydrogen-bond donors (Lipinski definition) is 1. The van der Waals surface area contributed by atoms with Crippen molar-refractivity contribution in [3.05, 3.63) is 39.3 Å². The maximum Gasteiger partial charge on any atom is 0.293 e. The number of thiazole rings is 1. The monoisotopic (exact) mass is 250 g/mol. The van der Waals surface area contributed by atoms with Crippen molar-refractivity contribution in [3.63, 3.8) is 0 Å². The third kappa shape index (κ3) is 2.71. The van der Waals surface area contributed by atoms with Crippen molar-refractivity contribution >= 4 is 17.2 Å². The summed E-state index contributed by atoms with van der Waals surface area (Å²) in [5, 5.41) is 3.04. The van der Waals surface area contributed by atoms with Crippen molar-refractivity contribution in [2.24, 2.45) is 0 Å². The number of rotatable bonds is 4. The molecule has 90 valence electrons. The van der Waals surface area contributed by atoms with Gasteiger partial charge in [0.2, 0.25) is 0 Å². The van der Waals surface area contributed by atoms with Crippen LogP contribution in [0.5, 0.6) is 0 Å². The molecule has 2 heterocycles. The molecule has 17 heavy (non-hydrogen) atoms. The van der Waals surface area contributed by atoms with Gasteiger partial charge < -0.3 is 9.88 Å². The van der Waals surface area contributed by atoms with Crippen LogP contribution in [0, 0.1) is 0 Å². The fourth-order valence-electron chi connectivity index (χ4n) is 1.45. The van der Waals surface area contributed by atoms with Gasteiger partial charge in [0.15, 0.2) is 5.82 Å². The van der Waals surface area contributed by atoms with Gasteiger partial charge in [-0.15, -0.1) is 11.3 Å². The molecule has 0 saturated heterocycles. The number of aromatic nitrogens is 3. The zero-order chi connectivity index (χ0) is 12.3. The Kier molecular flexibility index (Phi) is 3.53. The Bertz CT molecular complexity index is 533. The fourth-order valence-corrected chi connectivity index (χ4v) is 1.99. The van der Waals surface area contributed by atoms with Crippen LogP contribution in [0.4, 0.5) is 5.82 Å². The van der Waals surface area contributed by atoms with Crippen molar-refractivity contribution in [2.75, 3.05) is 5.32 Å². The number of nitrogens with one attached hydrogen (secondary N) is 1. The van der Waals surface area contributed by atoms with Crippen LogP contribution in [0.2, 0.25) is 0 Å². The SMILES string of the molecule is CC(C)n1ccnc(NCc2cncs2)c1=O. The molecular weight excluding hydrogens is 236 g/mol. The Labute approximate surface area is 103 Å². The molecule has 5 nitrogen and oxygen atoms in total. The van der Waals surface area contributed by atoms with Gasteiger partial charge in [-0.05, 0) is 13.8 Å². The van der Waals surface area contributed by atoms with E-state index < -0.39 is 0 Å². The normalized spacial score (nSPS) is 10.8. The van der Waals surface area contributed by atoms with Crippen LogP contribution in [-0.4, -0.2) is 14.5 Å². The van der Waals surface area contributed by atoms with E-state index in [9.17, 15) is 4.79 Å². The average molecular weight is 250 g/mol. The summed E-state index contributed by atoms with van der Waals surface area (Å²) >= 11 is 1.55. The van der Waals surface area contributed by atoms with E-state index in [1.165, 1.54) is 0 Å². The third-order valence-electron chi connectivity index (χ3n) is 2.34. The zero-order valence-electron chi connectivity index (χ0n) is 9.75. The molecule has 0 fully saturated rings. The van der Waals surface area contributed by atoms with Gasteiger partial charge in [-0.1, -0.05) is 0 Å². The lowest BCUT2D eigenvalue weighted by atomic mass is 10.4. The van der Waals surface area contributed by atoms with E-state index in [0.29, 0.717) is 12.4 Å². The van der Waals surface area contributed by atoms with Gasteiger partial charge >= 0.3 is 0 Å². The predicted octanol–water partition coefficient (Wildman–Crippen LogP) is 1.89. The highest BCUT2D eigenvalue weighted by Gasteiger charge is 2.06. The van der Waals surface area contributed by atoms with Gasteiger partial charge in [-0.3, -0.25) is 9.78 Å². The molecule has 0 bridgehead atoms. The van der Waals surface area contributed by atoms with Crippen LogP contribution in [-0.2, 0) is 6.54 Å². The molecule has 6 heteroatoms. The summed E-state index contributed by atoms with van der Waals surface area (Å²) in [7, 11) is 0. The van der Waals surface area contributed by atoms with E-state index >= 15 is 0 Å². The molecule has 0 amide bonds. The van der Waals surface area contributed by atoms with Crippen LogP contribution in [0.1, 0.15) is 24.8 Å². The Morgan fingerprint density at radius 1 is 1.53 bits per heavy atom. The van der Waals surface area contributed by atoms with Gasteiger partial charge in [0.05, 0.1) is 12.1 Å². The second kappa shape index (κ2) is 5.09. The number of nitrogens with zero attached hydrogens (tertiary/aromatic N) is 3. The molecule has 2 rings (SSSR count). The van der Waals surface area contributed by atoms with Crippen LogP contribution in [0.15, 0.2) is 28.9 Å². The summed E-state index contributed by atoms with van der Waals surface area (Å²) in [6.07, 6.45) is 5.11. The van der Waals surface area contributed by atoms with E-state index in [2.05, 4.69) is 15.3 Å². The first-order valence-electron chi connectivity index (χ1n) is 5.37. The topological polar surface area (TPSA) is 59.8 Å². The summed E-state index contributed by atoms with van der Waals surface area (Å²) in [6.45, 7) is 4.51. The minimum Gasteiger partial charge on any atom is -0.361 e. The molecule has 0 aliphatic carbocycles. The molecule has 2 aromatic heterocycles. The van der Waals surface area contributed by atoms with E-state index in [4.69, 9.17) is 0 Å². The van der Waals surface area contributed by atoms with Crippen molar-refractivity contribution in [2.45, 2.75) is 26.4 Å². The Morgan fingerprint density at radius 2 is 2.35 bits per heavy atom. The van der Waals surface area contributed by atoms with E-state index in [0.717, 1.165) is 4.88 Å². The van der Waals surface area contributed by atoms with Gasteiger partial charge in [0.1, 0.15) is 0 Å². The predicted molar refractivity (Wildman–Crippen MR) is 68.3 cm³/mol. The lowest BCUT2D eigenvalue weighted by Crippen LogP contribution is -2.25. The van der Waals surface area contributed by atoms with E-state index in [1.54, 1.807) is 40.0 Å². The minimum atomic E-state index is -0.0907. The second-order valence-corrected chi connectivity index (χ2v) is 4.87. The lowest BCUT2D eigenvalue weighted by molar-refractivity contribution is 0.575. The molecule has 0 aromatic carbocycles. The standard InChI is InChI=1S/C11H14N4OS/c1-8(2)15-4-3-13-10(11(15)16)14-6-9-5-12-7-17-9/h3-5,7-8H,6H2,1-2H3,(H,13,14). The van der Waals surface area contributed by atoms with Gasteiger partial charge in [-0.25, -0.2) is 4.98 Å². The molecule has 0 spiro atoms. The Balaban J connectivity index is 2.16.